The zero-order chi connectivity index (χ0) is 13.0. The Hall–Kier alpha value is -1.21. The number of hydrogen-bond acceptors (Lipinski definition) is 7. The van der Waals surface area contributed by atoms with E-state index in [4.69, 9.17) is 0 Å². The average Bonchev–Trinajstić information content (AvgIpc) is 3.00. The van der Waals surface area contributed by atoms with Gasteiger partial charge in [-0.25, -0.2) is 4.98 Å². The molecule has 0 bridgehead atoms. The molecule has 0 aliphatic carbocycles. The second-order valence-corrected chi connectivity index (χ2v) is 5.44. The minimum atomic E-state index is 0.852. The monoisotopic (exact) mass is 283 g/mol. The fourth-order valence-electron chi connectivity index (χ4n) is 1.55. The van der Waals surface area contributed by atoms with Crippen molar-refractivity contribution in [2.24, 2.45) is 0 Å². The summed E-state index contributed by atoms with van der Waals surface area (Å²) in [7, 11) is 0. The van der Waals surface area contributed by atoms with Crippen molar-refractivity contribution in [2.45, 2.75) is 20.8 Å². The third kappa shape index (κ3) is 2.78. The first kappa shape index (κ1) is 13.2. The van der Waals surface area contributed by atoms with E-state index >= 15 is 0 Å². The SMILES string of the molecule is CCNc1nnc(-c2csc(N(CC)CC)n2)s1. The molecule has 0 aliphatic rings. The van der Waals surface area contributed by atoms with Gasteiger partial charge >= 0.3 is 0 Å². The van der Waals surface area contributed by atoms with Gasteiger partial charge in [0.2, 0.25) is 5.13 Å². The summed E-state index contributed by atoms with van der Waals surface area (Å²) in [5.74, 6) is 0. The first-order valence-electron chi connectivity index (χ1n) is 6.06. The summed E-state index contributed by atoms with van der Waals surface area (Å²) in [6.45, 7) is 9.13. The van der Waals surface area contributed by atoms with Crippen molar-refractivity contribution in [1.82, 2.24) is 15.2 Å². The van der Waals surface area contributed by atoms with Crippen LogP contribution in [0.4, 0.5) is 10.3 Å². The predicted molar refractivity (Wildman–Crippen MR) is 78.7 cm³/mol. The molecule has 2 aromatic heterocycles. The molecule has 98 valence electrons. The van der Waals surface area contributed by atoms with Crippen molar-refractivity contribution in [1.29, 1.82) is 0 Å². The van der Waals surface area contributed by atoms with Gasteiger partial charge in [0.25, 0.3) is 0 Å². The second-order valence-electron chi connectivity index (χ2n) is 3.63. The molecule has 18 heavy (non-hydrogen) atoms. The summed E-state index contributed by atoms with van der Waals surface area (Å²) in [5, 5.41) is 16.2. The molecule has 7 heteroatoms. The molecule has 2 rings (SSSR count). The van der Waals surface area contributed by atoms with Crippen LogP contribution >= 0.6 is 22.7 Å². The Bertz CT molecular complexity index is 489. The molecular formula is C11H17N5S2. The number of nitrogens with zero attached hydrogens (tertiary/aromatic N) is 4. The van der Waals surface area contributed by atoms with E-state index in [9.17, 15) is 0 Å². The van der Waals surface area contributed by atoms with Crippen LogP contribution in [0.25, 0.3) is 10.7 Å². The Morgan fingerprint density at radius 3 is 2.67 bits per heavy atom. The van der Waals surface area contributed by atoms with Crippen molar-refractivity contribution in [3.63, 3.8) is 0 Å². The Kier molecular flexibility index (Phi) is 4.48. The van der Waals surface area contributed by atoms with E-state index in [1.54, 1.807) is 22.7 Å². The van der Waals surface area contributed by atoms with Crippen LogP contribution in [0.2, 0.25) is 0 Å². The number of rotatable bonds is 6. The van der Waals surface area contributed by atoms with Crippen molar-refractivity contribution < 1.29 is 0 Å². The maximum atomic E-state index is 4.62. The van der Waals surface area contributed by atoms with Crippen LogP contribution in [0, 0.1) is 0 Å². The highest BCUT2D eigenvalue weighted by molar-refractivity contribution is 7.19. The van der Waals surface area contributed by atoms with Gasteiger partial charge in [0.05, 0.1) is 0 Å². The van der Waals surface area contributed by atoms with Crippen molar-refractivity contribution in [3.8, 4) is 10.7 Å². The molecule has 1 N–H and O–H groups in total. The predicted octanol–water partition coefficient (Wildman–Crippen LogP) is 2.94. The third-order valence-corrected chi connectivity index (χ3v) is 4.30. The van der Waals surface area contributed by atoms with Gasteiger partial charge in [0.15, 0.2) is 10.1 Å². The van der Waals surface area contributed by atoms with Gasteiger partial charge < -0.3 is 10.2 Å². The standard InChI is InChI=1S/C11H17N5S2/c1-4-12-10-15-14-9(18-10)8-7-17-11(13-8)16(5-2)6-3/h7H,4-6H2,1-3H3,(H,12,15). The molecule has 0 amide bonds. The molecule has 0 aliphatic heterocycles. The first-order chi connectivity index (χ1) is 8.78. The zero-order valence-electron chi connectivity index (χ0n) is 10.8. The van der Waals surface area contributed by atoms with E-state index in [-0.39, 0.29) is 0 Å². The quantitative estimate of drug-likeness (QED) is 0.883. The molecule has 0 saturated heterocycles. The lowest BCUT2D eigenvalue weighted by Gasteiger charge is -2.16. The van der Waals surface area contributed by atoms with E-state index in [2.05, 4.69) is 39.2 Å². The van der Waals surface area contributed by atoms with Gasteiger partial charge in [-0.05, 0) is 20.8 Å². The average molecular weight is 283 g/mol. The van der Waals surface area contributed by atoms with Crippen molar-refractivity contribution >= 4 is 32.9 Å². The molecule has 2 aromatic rings. The van der Waals surface area contributed by atoms with Crippen LogP contribution in [0.15, 0.2) is 5.38 Å². The molecule has 0 spiro atoms. The maximum Gasteiger partial charge on any atom is 0.206 e. The molecule has 0 unspecified atom stereocenters. The van der Waals surface area contributed by atoms with E-state index in [0.29, 0.717) is 0 Å². The van der Waals surface area contributed by atoms with Crippen LogP contribution in [-0.4, -0.2) is 34.8 Å². The van der Waals surface area contributed by atoms with Gasteiger partial charge in [-0.1, -0.05) is 11.3 Å². The lowest BCUT2D eigenvalue weighted by molar-refractivity contribution is 0.860. The summed E-state index contributed by atoms with van der Waals surface area (Å²) in [5.41, 5.74) is 0.920. The van der Waals surface area contributed by atoms with E-state index in [0.717, 1.165) is 40.6 Å². The first-order valence-corrected chi connectivity index (χ1v) is 7.76. The van der Waals surface area contributed by atoms with E-state index in [1.807, 2.05) is 12.3 Å². The van der Waals surface area contributed by atoms with Gasteiger partial charge in [0, 0.05) is 25.0 Å². The van der Waals surface area contributed by atoms with Crippen LogP contribution < -0.4 is 10.2 Å². The molecule has 0 fully saturated rings. The Balaban J connectivity index is 2.17. The van der Waals surface area contributed by atoms with Gasteiger partial charge in [-0.15, -0.1) is 21.5 Å². The highest BCUT2D eigenvalue weighted by Crippen LogP contribution is 2.30. The summed E-state index contributed by atoms with van der Waals surface area (Å²) in [6.07, 6.45) is 0. The molecule has 5 nitrogen and oxygen atoms in total. The Labute approximate surface area is 115 Å². The fraction of sp³-hybridized carbons (Fsp3) is 0.545. The largest absolute Gasteiger partial charge is 0.360 e. The lowest BCUT2D eigenvalue weighted by Crippen LogP contribution is -2.21. The van der Waals surface area contributed by atoms with Crippen LogP contribution in [0.3, 0.4) is 0 Å². The molecule has 2 heterocycles. The summed E-state index contributed by atoms with van der Waals surface area (Å²) in [4.78, 5) is 6.86. The van der Waals surface area contributed by atoms with Gasteiger partial charge in [-0.3, -0.25) is 0 Å². The molecular weight excluding hydrogens is 266 g/mol. The van der Waals surface area contributed by atoms with E-state index in [1.165, 1.54) is 0 Å². The zero-order valence-corrected chi connectivity index (χ0v) is 12.4. The summed E-state index contributed by atoms with van der Waals surface area (Å²) < 4.78 is 0. The topological polar surface area (TPSA) is 53.9 Å². The second kappa shape index (κ2) is 6.10. The smallest absolute Gasteiger partial charge is 0.206 e. The fourth-order valence-corrected chi connectivity index (χ4v) is 3.34. The number of hydrogen-bond donors (Lipinski definition) is 1. The number of nitrogens with one attached hydrogen (secondary N) is 1. The summed E-state index contributed by atoms with van der Waals surface area (Å²) >= 11 is 3.20. The maximum absolute atomic E-state index is 4.62. The molecule has 0 aromatic carbocycles. The Morgan fingerprint density at radius 2 is 2.00 bits per heavy atom. The van der Waals surface area contributed by atoms with E-state index < -0.39 is 0 Å². The normalized spacial score (nSPS) is 10.6. The molecule has 0 atom stereocenters. The number of aromatic nitrogens is 3. The number of anilines is 2. The van der Waals surface area contributed by atoms with Crippen molar-refractivity contribution in [3.05, 3.63) is 5.38 Å². The summed E-state index contributed by atoms with van der Waals surface area (Å²) in [6, 6.07) is 0. The number of thiazole rings is 1. The van der Waals surface area contributed by atoms with Crippen LogP contribution in [0.1, 0.15) is 20.8 Å². The Morgan fingerprint density at radius 1 is 1.22 bits per heavy atom. The minimum absolute atomic E-state index is 0.852. The third-order valence-electron chi connectivity index (χ3n) is 2.50. The van der Waals surface area contributed by atoms with Crippen LogP contribution in [0.5, 0.6) is 0 Å². The van der Waals surface area contributed by atoms with Crippen molar-refractivity contribution in [2.75, 3.05) is 29.9 Å². The highest BCUT2D eigenvalue weighted by Gasteiger charge is 2.12. The van der Waals surface area contributed by atoms with Crippen LogP contribution in [-0.2, 0) is 0 Å². The van der Waals surface area contributed by atoms with Gasteiger partial charge in [-0.2, -0.15) is 0 Å². The highest BCUT2D eigenvalue weighted by atomic mass is 32.1. The lowest BCUT2D eigenvalue weighted by atomic mass is 10.5. The van der Waals surface area contributed by atoms with Gasteiger partial charge in [0.1, 0.15) is 5.69 Å². The minimum Gasteiger partial charge on any atom is -0.360 e. The molecule has 0 radical (unpaired) electrons. The molecule has 0 saturated carbocycles.